The molecule has 0 bridgehead atoms. The zero-order valence-electron chi connectivity index (χ0n) is 8.04. The van der Waals surface area contributed by atoms with Crippen molar-refractivity contribution in [3.8, 4) is 11.8 Å². The highest BCUT2D eigenvalue weighted by Gasteiger charge is 2.11. The Hall–Kier alpha value is -0.440. The summed E-state index contributed by atoms with van der Waals surface area (Å²) in [6, 6.07) is 0. The van der Waals surface area contributed by atoms with Crippen LogP contribution < -0.4 is 0 Å². The summed E-state index contributed by atoms with van der Waals surface area (Å²) in [5.41, 5.74) is 0.397. The molecule has 63 valence electrons. The van der Waals surface area contributed by atoms with Gasteiger partial charge in [-0.1, -0.05) is 34.1 Å². The van der Waals surface area contributed by atoms with Gasteiger partial charge in [-0.3, -0.25) is 0 Å². The van der Waals surface area contributed by atoms with Crippen LogP contribution in [-0.4, -0.2) is 0 Å². The molecule has 0 aliphatic rings. The molecule has 0 unspecified atom stereocenters. The second-order valence-electron chi connectivity index (χ2n) is 3.65. The number of unbranched alkanes of at least 4 members (excludes halogenated alkanes) is 1. The fraction of sp³-hybridized carbons (Fsp3) is 0.727. The average molecular weight is 151 g/mol. The molecule has 0 saturated heterocycles. The minimum absolute atomic E-state index is 0.397. The molecule has 0 aliphatic heterocycles. The lowest BCUT2D eigenvalue weighted by molar-refractivity contribution is 0.363. The highest BCUT2D eigenvalue weighted by molar-refractivity contribution is 5.01. The van der Waals surface area contributed by atoms with Gasteiger partial charge in [0.2, 0.25) is 0 Å². The molecule has 0 amide bonds. The number of hydrogen-bond acceptors (Lipinski definition) is 0. The van der Waals surface area contributed by atoms with E-state index in [1.807, 2.05) is 0 Å². The van der Waals surface area contributed by atoms with Gasteiger partial charge in [0, 0.05) is 12.8 Å². The molecule has 0 aromatic heterocycles. The molecule has 0 heterocycles. The molecule has 0 aromatic rings. The molecule has 11 heavy (non-hydrogen) atoms. The minimum Gasteiger partial charge on any atom is -0.103 e. The standard InChI is InChI=1S/C11H19/c1-5-7-8-9-10-11(3,4)6-2/h1,5-7,10H2,2-4H3. The zero-order valence-corrected chi connectivity index (χ0v) is 8.04. The molecule has 0 nitrogen and oxygen atoms in total. The lowest BCUT2D eigenvalue weighted by Gasteiger charge is -2.18. The maximum atomic E-state index is 3.74. The van der Waals surface area contributed by atoms with E-state index in [4.69, 9.17) is 0 Å². The maximum Gasteiger partial charge on any atom is 0.0140 e. The first-order valence-corrected chi connectivity index (χ1v) is 4.37. The summed E-state index contributed by atoms with van der Waals surface area (Å²) in [5, 5.41) is 0. The monoisotopic (exact) mass is 151 g/mol. The zero-order chi connectivity index (χ0) is 8.74. The third-order valence-corrected chi connectivity index (χ3v) is 1.95. The van der Waals surface area contributed by atoms with Crippen molar-refractivity contribution < 1.29 is 0 Å². The molecule has 0 heteroatoms. The second kappa shape index (κ2) is 5.24. The van der Waals surface area contributed by atoms with Crippen molar-refractivity contribution in [2.45, 2.75) is 46.5 Å². The summed E-state index contributed by atoms with van der Waals surface area (Å²) in [7, 11) is 0. The molecule has 0 fully saturated rings. The fourth-order valence-corrected chi connectivity index (χ4v) is 0.604. The Kier molecular flexibility index (Phi) is 5.03. The van der Waals surface area contributed by atoms with Gasteiger partial charge in [0.1, 0.15) is 0 Å². The van der Waals surface area contributed by atoms with Crippen molar-refractivity contribution in [3.63, 3.8) is 0 Å². The molecular weight excluding hydrogens is 132 g/mol. The van der Waals surface area contributed by atoms with E-state index in [0.717, 1.165) is 19.3 Å². The van der Waals surface area contributed by atoms with Crippen LogP contribution in [0.15, 0.2) is 0 Å². The molecule has 1 radical (unpaired) electrons. The van der Waals surface area contributed by atoms with Gasteiger partial charge in [0.25, 0.3) is 0 Å². The van der Waals surface area contributed by atoms with Crippen LogP contribution in [0.2, 0.25) is 0 Å². The first-order chi connectivity index (χ1) is 5.12. The van der Waals surface area contributed by atoms with Crippen LogP contribution in [0.4, 0.5) is 0 Å². The Balaban J connectivity index is 3.62. The van der Waals surface area contributed by atoms with Crippen molar-refractivity contribution in [1.82, 2.24) is 0 Å². The largest absolute Gasteiger partial charge is 0.103 e. The van der Waals surface area contributed by atoms with E-state index in [-0.39, 0.29) is 0 Å². The van der Waals surface area contributed by atoms with Gasteiger partial charge in [0.05, 0.1) is 0 Å². The second-order valence-corrected chi connectivity index (χ2v) is 3.65. The molecule has 0 spiro atoms. The summed E-state index contributed by atoms with van der Waals surface area (Å²) in [4.78, 5) is 0. The Morgan fingerprint density at radius 2 is 1.91 bits per heavy atom. The SMILES string of the molecule is [CH2]CCC#CCC(C)(C)CC. The van der Waals surface area contributed by atoms with Gasteiger partial charge in [-0.2, -0.15) is 0 Å². The average Bonchev–Trinajstić information content (AvgIpc) is 1.99. The van der Waals surface area contributed by atoms with Gasteiger partial charge < -0.3 is 0 Å². The van der Waals surface area contributed by atoms with E-state index in [2.05, 4.69) is 39.5 Å². The summed E-state index contributed by atoms with van der Waals surface area (Å²) in [5.74, 6) is 6.30. The third-order valence-electron chi connectivity index (χ3n) is 1.95. The van der Waals surface area contributed by atoms with Gasteiger partial charge in [-0.05, 0) is 11.8 Å². The predicted octanol–water partition coefficient (Wildman–Crippen LogP) is 3.43. The summed E-state index contributed by atoms with van der Waals surface area (Å²) in [6.45, 7) is 10.5. The molecule has 0 rings (SSSR count). The van der Waals surface area contributed by atoms with E-state index in [1.54, 1.807) is 0 Å². The highest BCUT2D eigenvalue weighted by atomic mass is 14.2. The van der Waals surface area contributed by atoms with Crippen molar-refractivity contribution in [2.75, 3.05) is 0 Å². The van der Waals surface area contributed by atoms with E-state index >= 15 is 0 Å². The molecule has 0 N–H and O–H groups in total. The quantitative estimate of drug-likeness (QED) is 0.542. The summed E-state index contributed by atoms with van der Waals surface area (Å²) >= 11 is 0. The van der Waals surface area contributed by atoms with Gasteiger partial charge >= 0.3 is 0 Å². The van der Waals surface area contributed by atoms with Crippen LogP contribution in [0, 0.1) is 24.2 Å². The number of hydrogen-bond donors (Lipinski definition) is 0. The van der Waals surface area contributed by atoms with Crippen LogP contribution in [0.5, 0.6) is 0 Å². The fourth-order valence-electron chi connectivity index (χ4n) is 0.604. The van der Waals surface area contributed by atoms with Crippen LogP contribution in [0.3, 0.4) is 0 Å². The lowest BCUT2D eigenvalue weighted by Crippen LogP contribution is -2.07. The third kappa shape index (κ3) is 5.98. The number of rotatable bonds is 3. The van der Waals surface area contributed by atoms with Gasteiger partial charge in [-0.25, -0.2) is 0 Å². The highest BCUT2D eigenvalue weighted by Crippen LogP contribution is 2.23. The topological polar surface area (TPSA) is 0 Å². The Labute approximate surface area is 71.4 Å². The maximum absolute atomic E-state index is 3.74. The predicted molar refractivity (Wildman–Crippen MR) is 51.1 cm³/mol. The van der Waals surface area contributed by atoms with Crippen molar-refractivity contribution >= 4 is 0 Å². The van der Waals surface area contributed by atoms with E-state index in [0.29, 0.717) is 5.41 Å². The van der Waals surface area contributed by atoms with E-state index < -0.39 is 0 Å². The van der Waals surface area contributed by atoms with Crippen LogP contribution in [-0.2, 0) is 0 Å². The first-order valence-electron chi connectivity index (χ1n) is 4.37. The van der Waals surface area contributed by atoms with Gasteiger partial charge in [0.15, 0.2) is 0 Å². The normalized spacial score (nSPS) is 10.5. The molecule has 0 saturated carbocycles. The van der Waals surface area contributed by atoms with Crippen molar-refractivity contribution in [2.24, 2.45) is 5.41 Å². The summed E-state index contributed by atoms with van der Waals surface area (Å²) < 4.78 is 0. The van der Waals surface area contributed by atoms with E-state index in [9.17, 15) is 0 Å². The van der Waals surface area contributed by atoms with E-state index in [1.165, 1.54) is 6.42 Å². The molecule has 0 aliphatic carbocycles. The van der Waals surface area contributed by atoms with Crippen LogP contribution in [0.25, 0.3) is 0 Å². The Bertz CT molecular complexity index is 143. The molecule has 0 atom stereocenters. The molecular formula is C11H19. The van der Waals surface area contributed by atoms with Crippen LogP contribution >= 0.6 is 0 Å². The lowest BCUT2D eigenvalue weighted by atomic mass is 9.87. The minimum atomic E-state index is 0.397. The first kappa shape index (κ1) is 10.6. The van der Waals surface area contributed by atoms with Crippen molar-refractivity contribution in [3.05, 3.63) is 6.92 Å². The smallest absolute Gasteiger partial charge is 0.0140 e. The molecule has 0 aromatic carbocycles. The Morgan fingerprint density at radius 3 is 2.36 bits per heavy atom. The van der Waals surface area contributed by atoms with Gasteiger partial charge in [-0.15, -0.1) is 11.8 Å². The van der Waals surface area contributed by atoms with Crippen LogP contribution in [0.1, 0.15) is 46.5 Å². The summed E-state index contributed by atoms with van der Waals surface area (Å²) in [6.07, 6.45) is 4.09. The van der Waals surface area contributed by atoms with Crippen molar-refractivity contribution in [1.29, 1.82) is 0 Å². The Morgan fingerprint density at radius 1 is 1.27 bits per heavy atom.